The molecule has 0 saturated carbocycles. The van der Waals surface area contributed by atoms with Gasteiger partial charge < -0.3 is 15.4 Å². The van der Waals surface area contributed by atoms with Crippen molar-refractivity contribution >= 4 is 40.5 Å². The number of likely N-dealkylation sites (tertiary alicyclic amines) is 1. The first kappa shape index (κ1) is 31.2. The number of imide groups is 1. The Bertz CT molecular complexity index is 1910. The average molecular weight is 644 g/mol. The van der Waals surface area contributed by atoms with Crippen LogP contribution in [-0.2, 0) is 29.3 Å². The van der Waals surface area contributed by atoms with Crippen molar-refractivity contribution in [1.82, 2.24) is 25.1 Å². The highest BCUT2D eigenvalue weighted by Gasteiger charge is 2.40. The molecule has 0 radical (unpaired) electrons. The van der Waals surface area contributed by atoms with Crippen molar-refractivity contribution in [1.29, 1.82) is 0 Å². The number of ether oxygens (including phenoxy) is 1. The van der Waals surface area contributed by atoms with Crippen LogP contribution in [0.5, 0.6) is 5.75 Å². The van der Waals surface area contributed by atoms with Gasteiger partial charge in [0.2, 0.25) is 11.8 Å². The smallest absolute Gasteiger partial charge is 0.255 e. The molecule has 2 saturated heterocycles. The lowest BCUT2D eigenvalue weighted by Crippen LogP contribution is -2.52. The standard InChI is InChI=1S/C37H37N7O4/c38-18-26(32-20-40-30-5-1-2-6-31(30)41-32)19-39-27-14-16-43(17-15-27)21-24-8-10-25(11-9-24)23-48-34-7-3-4-28-29(34)22-44(37(28)47)33-12-13-35(45)42-36(33)46/h1-11,18-20,27,33H,12-17,21-23,38H2,(H,42,45,46). The van der Waals surface area contributed by atoms with Gasteiger partial charge in [-0.2, -0.15) is 0 Å². The number of benzene rings is 3. The fraction of sp³-hybridized carbons (Fsp3) is 0.297. The number of piperidine rings is 2. The molecule has 7 rings (SSSR count). The topological polar surface area (TPSA) is 143 Å². The van der Waals surface area contributed by atoms with Crippen LogP contribution < -0.4 is 15.8 Å². The summed E-state index contributed by atoms with van der Waals surface area (Å²) < 4.78 is 6.18. The Morgan fingerprint density at radius 2 is 1.73 bits per heavy atom. The Morgan fingerprint density at radius 1 is 0.958 bits per heavy atom. The van der Waals surface area contributed by atoms with E-state index in [4.69, 9.17) is 15.5 Å². The Morgan fingerprint density at radius 3 is 2.50 bits per heavy atom. The van der Waals surface area contributed by atoms with Crippen LogP contribution in [0, 0.1) is 0 Å². The number of para-hydroxylation sites is 2. The van der Waals surface area contributed by atoms with Crippen molar-refractivity contribution in [2.24, 2.45) is 10.7 Å². The number of nitrogens with one attached hydrogen (secondary N) is 1. The number of aliphatic imine (C=N–C) groups is 1. The zero-order chi connectivity index (χ0) is 33.0. The minimum absolute atomic E-state index is 0.210. The van der Waals surface area contributed by atoms with Gasteiger partial charge in [0, 0.05) is 55.2 Å². The van der Waals surface area contributed by atoms with Crippen LogP contribution in [-0.4, -0.2) is 68.9 Å². The molecule has 0 bridgehead atoms. The summed E-state index contributed by atoms with van der Waals surface area (Å²) in [6, 6.07) is 21.2. The van der Waals surface area contributed by atoms with E-state index in [-0.39, 0.29) is 30.8 Å². The second-order valence-corrected chi connectivity index (χ2v) is 12.4. The van der Waals surface area contributed by atoms with E-state index in [1.54, 1.807) is 23.2 Å². The van der Waals surface area contributed by atoms with Crippen LogP contribution in [0.1, 0.15) is 58.4 Å². The number of hydrogen-bond acceptors (Lipinski definition) is 9. The highest BCUT2D eigenvalue weighted by atomic mass is 16.5. The van der Waals surface area contributed by atoms with Crippen molar-refractivity contribution in [3.05, 3.63) is 107 Å². The van der Waals surface area contributed by atoms with Crippen LogP contribution in [0.3, 0.4) is 0 Å². The van der Waals surface area contributed by atoms with Gasteiger partial charge in [-0.1, -0.05) is 42.5 Å². The average Bonchev–Trinajstić information content (AvgIpc) is 3.45. The van der Waals surface area contributed by atoms with Gasteiger partial charge in [0.15, 0.2) is 0 Å². The van der Waals surface area contributed by atoms with Gasteiger partial charge in [0.05, 0.1) is 35.5 Å². The molecule has 11 heteroatoms. The van der Waals surface area contributed by atoms with E-state index in [0.29, 0.717) is 30.0 Å². The molecule has 2 fully saturated rings. The molecule has 1 atom stereocenters. The number of nitrogens with zero attached hydrogens (tertiary/aromatic N) is 5. The number of fused-ring (bicyclic) bond motifs is 2. The Hall–Kier alpha value is -5.42. The molecule has 1 unspecified atom stereocenters. The summed E-state index contributed by atoms with van der Waals surface area (Å²) in [6.07, 6.45) is 7.59. The second kappa shape index (κ2) is 13.7. The first-order chi connectivity index (χ1) is 23.4. The van der Waals surface area contributed by atoms with Crippen molar-refractivity contribution in [3.8, 4) is 5.75 Å². The molecule has 11 nitrogen and oxygen atoms in total. The van der Waals surface area contributed by atoms with E-state index in [0.717, 1.165) is 60.2 Å². The predicted octanol–water partition coefficient (Wildman–Crippen LogP) is 4.00. The van der Waals surface area contributed by atoms with E-state index in [1.165, 1.54) is 11.8 Å². The molecule has 0 aliphatic carbocycles. The zero-order valence-electron chi connectivity index (χ0n) is 26.5. The number of rotatable bonds is 9. The largest absolute Gasteiger partial charge is 0.489 e. The molecule has 4 aromatic rings. The second-order valence-electron chi connectivity index (χ2n) is 12.4. The van der Waals surface area contributed by atoms with Crippen LogP contribution in [0.25, 0.3) is 16.6 Å². The Balaban J connectivity index is 0.895. The van der Waals surface area contributed by atoms with E-state index < -0.39 is 11.9 Å². The highest BCUT2D eigenvalue weighted by Crippen LogP contribution is 2.34. The van der Waals surface area contributed by atoms with Gasteiger partial charge in [0.1, 0.15) is 18.4 Å². The molecule has 244 valence electrons. The number of aromatic nitrogens is 2. The lowest BCUT2D eigenvalue weighted by molar-refractivity contribution is -0.136. The number of hydrogen-bond donors (Lipinski definition) is 2. The third kappa shape index (κ3) is 6.68. The summed E-state index contributed by atoms with van der Waals surface area (Å²) in [5.41, 5.74) is 12.6. The fourth-order valence-electron chi connectivity index (χ4n) is 6.56. The highest BCUT2D eigenvalue weighted by molar-refractivity contribution is 6.09. The summed E-state index contributed by atoms with van der Waals surface area (Å²) in [5, 5.41) is 2.35. The maximum atomic E-state index is 13.1. The van der Waals surface area contributed by atoms with Crippen LogP contribution in [0.15, 0.2) is 84.1 Å². The molecule has 3 aliphatic rings. The number of carbonyl (C=O) groups excluding carboxylic acids is 3. The Labute approximate surface area is 278 Å². The quantitative estimate of drug-likeness (QED) is 0.206. The molecule has 1 aromatic heterocycles. The molecule has 3 aromatic carbocycles. The fourth-order valence-corrected chi connectivity index (χ4v) is 6.56. The molecule has 0 spiro atoms. The van der Waals surface area contributed by atoms with Gasteiger partial charge in [0.25, 0.3) is 5.91 Å². The SMILES string of the molecule is NC=C(C=NC1CCN(Cc2ccc(COc3cccc4c3CN(C3CCC(=O)NC3=O)C4=O)cc2)CC1)c1cnc2ccccc2n1. The van der Waals surface area contributed by atoms with Gasteiger partial charge in [-0.3, -0.25) is 34.6 Å². The summed E-state index contributed by atoms with van der Waals surface area (Å²) in [7, 11) is 0. The minimum Gasteiger partial charge on any atom is -0.489 e. The number of allylic oxidation sites excluding steroid dienone is 1. The molecule has 48 heavy (non-hydrogen) atoms. The molecular formula is C37H37N7O4. The van der Waals surface area contributed by atoms with E-state index in [2.05, 4.69) is 44.5 Å². The van der Waals surface area contributed by atoms with Crippen molar-refractivity contribution in [2.75, 3.05) is 13.1 Å². The first-order valence-corrected chi connectivity index (χ1v) is 16.3. The monoisotopic (exact) mass is 643 g/mol. The maximum absolute atomic E-state index is 13.1. The maximum Gasteiger partial charge on any atom is 0.255 e. The van der Waals surface area contributed by atoms with E-state index >= 15 is 0 Å². The summed E-state index contributed by atoms with van der Waals surface area (Å²) in [4.78, 5) is 55.1. The van der Waals surface area contributed by atoms with Crippen molar-refractivity contribution in [3.63, 3.8) is 0 Å². The molecule has 4 heterocycles. The van der Waals surface area contributed by atoms with Crippen molar-refractivity contribution in [2.45, 2.75) is 57.5 Å². The summed E-state index contributed by atoms with van der Waals surface area (Å²) >= 11 is 0. The van der Waals surface area contributed by atoms with Gasteiger partial charge in [-0.15, -0.1) is 0 Å². The molecular weight excluding hydrogens is 606 g/mol. The summed E-state index contributed by atoms with van der Waals surface area (Å²) in [6.45, 7) is 3.41. The van der Waals surface area contributed by atoms with Gasteiger partial charge in [-0.05, 0) is 54.7 Å². The minimum atomic E-state index is -0.654. The van der Waals surface area contributed by atoms with E-state index in [9.17, 15) is 14.4 Å². The van der Waals surface area contributed by atoms with Gasteiger partial charge in [-0.25, -0.2) is 4.98 Å². The predicted molar refractivity (Wildman–Crippen MR) is 182 cm³/mol. The third-order valence-electron chi connectivity index (χ3n) is 9.27. The van der Waals surface area contributed by atoms with Crippen LogP contribution >= 0.6 is 0 Å². The lowest BCUT2D eigenvalue weighted by atomic mass is 10.0. The molecule has 3 N–H and O–H groups in total. The number of carbonyl (C=O) groups is 3. The number of nitrogens with two attached hydrogens (primary N) is 1. The van der Waals surface area contributed by atoms with E-state index in [1.807, 2.05) is 36.5 Å². The zero-order valence-corrected chi connectivity index (χ0v) is 26.5. The van der Waals surface area contributed by atoms with Crippen molar-refractivity contribution < 1.29 is 19.1 Å². The molecule has 3 aliphatic heterocycles. The van der Waals surface area contributed by atoms with Gasteiger partial charge >= 0.3 is 0 Å². The van der Waals surface area contributed by atoms with Crippen LogP contribution in [0.2, 0.25) is 0 Å². The van der Waals surface area contributed by atoms with Crippen LogP contribution in [0.4, 0.5) is 0 Å². The normalized spacial score (nSPS) is 19.2. The molecule has 3 amide bonds. The first-order valence-electron chi connectivity index (χ1n) is 16.3. The number of amides is 3. The third-order valence-corrected chi connectivity index (χ3v) is 9.27. The Kier molecular flexibility index (Phi) is 8.93. The lowest BCUT2D eigenvalue weighted by Gasteiger charge is -2.30. The summed E-state index contributed by atoms with van der Waals surface area (Å²) in [5.74, 6) is -0.303.